The van der Waals surface area contributed by atoms with Crippen LogP contribution in [-0.4, -0.2) is 31.1 Å². The third kappa shape index (κ3) is 4.88. The molecule has 0 amide bonds. The third-order valence-electron chi connectivity index (χ3n) is 3.32. The van der Waals surface area contributed by atoms with E-state index in [2.05, 4.69) is 56.1 Å². The SMILES string of the molecule is CCN(CC)CCNCc1cc(C)ccc1C. The summed E-state index contributed by atoms with van der Waals surface area (Å²) >= 11 is 0. The molecule has 0 heterocycles. The molecule has 0 radical (unpaired) electrons. The molecule has 0 saturated carbocycles. The van der Waals surface area contributed by atoms with Crippen molar-refractivity contribution in [2.45, 2.75) is 34.2 Å². The van der Waals surface area contributed by atoms with Crippen LogP contribution < -0.4 is 5.32 Å². The van der Waals surface area contributed by atoms with Gasteiger partial charge in [0.15, 0.2) is 0 Å². The Bertz CT molecular complexity index is 330. The average Bonchev–Trinajstić information content (AvgIpc) is 2.33. The van der Waals surface area contributed by atoms with E-state index in [0.717, 1.165) is 32.7 Å². The normalized spacial score (nSPS) is 11.1. The van der Waals surface area contributed by atoms with Crippen LogP contribution in [0.5, 0.6) is 0 Å². The number of benzene rings is 1. The van der Waals surface area contributed by atoms with E-state index in [1.54, 1.807) is 0 Å². The highest BCUT2D eigenvalue weighted by molar-refractivity contribution is 5.30. The van der Waals surface area contributed by atoms with E-state index in [9.17, 15) is 0 Å². The van der Waals surface area contributed by atoms with Crippen molar-refractivity contribution in [2.24, 2.45) is 0 Å². The number of nitrogens with zero attached hydrogens (tertiary/aromatic N) is 1. The van der Waals surface area contributed by atoms with Gasteiger partial charge in [-0.25, -0.2) is 0 Å². The molecule has 1 aromatic rings. The number of aryl methyl sites for hydroxylation is 2. The Kier molecular flexibility index (Phi) is 6.23. The lowest BCUT2D eigenvalue weighted by Gasteiger charge is -2.18. The topological polar surface area (TPSA) is 15.3 Å². The first kappa shape index (κ1) is 14.2. The van der Waals surface area contributed by atoms with Gasteiger partial charge >= 0.3 is 0 Å². The first-order valence-corrected chi connectivity index (χ1v) is 6.66. The molecule has 0 atom stereocenters. The second kappa shape index (κ2) is 7.46. The fourth-order valence-electron chi connectivity index (χ4n) is 1.99. The predicted molar refractivity (Wildman–Crippen MR) is 75.4 cm³/mol. The van der Waals surface area contributed by atoms with Gasteiger partial charge in [0.05, 0.1) is 0 Å². The van der Waals surface area contributed by atoms with Gasteiger partial charge in [0.1, 0.15) is 0 Å². The molecule has 2 heteroatoms. The predicted octanol–water partition coefficient (Wildman–Crippen LogP) is 2.73. The molecule has 0 aliphatic carbocycles. The highest BCUT2D eigenvalue weighted by atomic mass is 15.1. The first-order valence-electron chi connectivity index (χ1n) is 6.66. The largest absolute Gasteiger partial charge is 0.311 e. The Balaban J connectivity index is 2.33. The number of nitrogens with one attached hydrogen (secondary N) is 1. The van der Waals surface area contributed by atoms with Crippen molar-refractivity contribution < 1.29 is 0 Å². The Morgan fingerprint density at radius 1 is 1.12 bits per heavy atom. The minimum Gasteiger partial charge on any atom is -0.311 e. The van der Waals surface area contributed by atoms with Crippen molar-refractivity contribution in [3.8, 4) is 0 Å². The zero-order valence-corrected chi connectivity index (χ0v) is 11.7. The van der Waals surface area contributed by atoms with Gasteiger partial charge in [-0.05, 0) is 38.1 Å². The maximum absolute atomic E-state index is 3.53. The van der Waals surface area contributed by atoms with Crippen molar-refractivity contribution >= 4 is 0 Å². The second-order valence-corrected chi connectivity index (χ2v) is 4.63. The van der Waals surface area contributed by atoms with Crippen LogP contribution in [0.3, 0.4) is 0 Å². The van der Waals surface area contributed by atoms with E-state index in [4.69, 9.17) is 0 Å². The van der Waals surface area contributed by atoms with E-state index in [-0.39, 0.29) is 0 Å². The van der Waals surface area contributed by atoms with Crippen LogP contribution in [0.2, 0.25) is 0 Å². The monoisotopic (exact) mass is 234 g/mol. The molecule has 0 aliphatic rings. The molecule has 2 nitrogen and oxygen atoms in total. The lowest BCUT2D eigenvalue weighted by atomic mass is 10.1. The fourth-order valence-corrected chi connectivity index (χ4v) is 1.99. The molecule has 17 heavy (non-hydrogen) atoms. The molecule has 0 saturated heterocycles. The molecule has 1 N–H and O–H groups in total. The molecule has 1 aromatic carbocycles. The lowest BCUT2D eigenvalue weighted by molar-refractivity contribution is 0.302. The van der Waals surface area contributed by atoms with Gasteiger partial charge < -0.3 is 10.2 Å². The number of hydrogen-bond acceptors (Lipinski definition) is 2. The van der Waals surface area contributed by atoms with Crippen molar-refractivity contribution in [1.82, 2.24) is 10.2 Å². The quantitative estimate of drug-likeness (QED) is 0.730. The summed E-state index contributed by atoms with van der Waals surface area (Å²) in [6, 6.07) is 6.66. The minimum atomic E-state index is 0.981. The zero-order valence-electron chi connectivity index (χ0n) is 11.7. The molecule has 0 aliphatic heterocycles. The fraction of sp³-hybridized carbons (Fsp3) is 0.600. The van der Waals surface area contributed by atoms with Crippen molar-refractivity contribution in [2.75, 3.05) is 26.2 Å². The molecular weight excluding hydrogens is 208 g/mol. The van der Waals surface area contributed by atoms with Crippen LogP contribution >= 0.6 is 0 Å². The van der Waals surface area contributed by atoms with Gasteiger partial charge in [-0.2, -0.15) is 0 Å². The highest BCUT2D eigenvalue weighted by Crippen LogP contribution is 2.09. The van der Waals surface area contributed by atoms with Gasteiger partial charge in [0.25, 0.3) is 0 Å². The molecule has 0 spiro atoms. The summed E-state index contributed by atoms with van der Waals surface area (Å²) in [5.74, 6) is 0. The minimum absolute atomic E-state index is 0.981. The first-order chi connectivity index (χ1) is 8.17. The lowest BCUT2D eigenvalue weighted by Crippen LogP contribution is -2.31. The second-order valence-electron chi connectivity index (χ2n) is 4.63. The third-order valence-corrected chi connectivity index (χ3v) is 3.32. The van der Waals surface area contributed by atoms with Crippen LogP contribution in [0.15, 0.2) is 18.2 Å². The Morgan fingerprint density at radius 3 is 2.47 bits per heavy atom. The standard InChI is InChI=1S/C15H26N2/c1-5-17(6-2)10-9-16-12-15-11-13(3)7-8-14(15)4/h7-8,11,16H,5-6,9-10,12H2,1-4H3. The summed E-state index contributed by atoms with van der Waals surface area (Å²) < 4.78 is 0. The van der Waals surface area contributed by atoms with Gasteiger partial charge in [-0.1, -0.05) is 37.6 Å². The molecule has 96 valence electrons. The Labute approximate surface area is 106 Å². The van der Waals surface area contributed by atoms with Crippen LogP contribution in [-0.2, 0) is 6.54 Å². The van der Waals surface area contributed by atoms with Gasteiger partial charge in [-0.15, -0.1) is 0 Å². The number of hydrogen-bond donors (Lipinski definition) is 1. The van der Waals surface area contributed by atoms with Crippen molar-refractivity contribution in [1.29, 1.82) is 0 Å². The molecular formula is C15H26N2. The van der Waals surface area contributed by atoms with Gasteiger partial charge in [-0.3, -0.25) is 0 Å². The summed E-state index contributed by atoms with van der Waals surface area (Å²) in [5, 5.41) is 3.53. The summed E-state index contributed by atoms with van der Waals surface area (Å²) in [7, 11) is 0. The summed E-state index contributed by atoms with van der Waals surface area (Å²) in [6.45, 7) is 14.2. The number of rotatable bonds is 7. The van der Waals surface area contributed by atoms with Crippen LogP contribution in [0.1, 0.15) is 30.5 Å². The average molecular weight is 234 g/mol. The zero-order chi connectivity index (χ0) is 12.7. The van der Waals surface area contributed by atoms with Crippen LogP contribution in [0.25, 0.3) is 0 Å². The highest BCUT2D eigenvalue weighted by Gasteiger charge is 2.00. The summed E-state index contributed by atoms with van der Waals surface area (Å²) in [5.41, 5.74) is 4.15. The van der Waals surface area contributed by atoms with Crippen LogP contribution in [0.4, 0.5) is 0 Å². The van der Waals surface area contributed by atoms with E-state index in [1.165, 1.54) is 16.7 Å². The molecule has 0 unspecified atom stereocenters. The van der Waals surface area contributed by atoms with Gasteiger partial charge in [0, 0.05) is 19.6 Å². The Morgan fingerprint density at radius 2 is 1.82 bits per heavy atom. The van der Waals surface area contributed by atoms with Crippen molar-refractivity contribution in [3.63, 3.8) is 0 Å². The van der Waals surface area contributed by atoms with Crippen LogP contribution in [0, 0.1) is 13.8 Å². The van der Waals surface area contributed by atoms with Gasteiger partial charge in [0.2, 0.25) is 0 Å². The van der Waals surface area contributed by atoms with E-state index >= 15 is 0 Å². The summed E-state index contributed by atoms with van der Waals surface area (Å²) in [6.07, 6.45) is 0. The molecule has 1 rings (SSSR count). The molecule has 0 bridgehead atoms. The summed E-state index contributed by atoms with van der Waals surface area (Å²) in [4.78, 5) is 2.44. The maximum atomic E-state index is 3.53. The molecule has 0 fully saturated rings. The Hall–Kier alpha value is -0.860. The van der Waals surface area contributed by atoms with E-state index in [1.807, 2.05) is 0 Å². The molecule has 0 aromatic heterocycles. The smallest absolute Gasteiger partial charge is 0.0208 e. The van der Waals surface area contributed by atoms with Crippen molar-refractivity contribution in [3.05, 3.63) is 34.9 Å². The van der Waals surface area contributed by atoms with E-state index < -0.39 is 0 Å². The van der Waals surface area contributed by atoms with E-state index in [0.29, 0.717) is 0 Å². The number of likely N-dealkylation sites (N-methyl/N-ethyl adjacent to an activating group) is 1. The maximum Gasteiger partial charge on any atom is 0.0208 e.